The molecular formula is C15H19N7OS. The van der Waals surface area contributed by atoms with Gasteiger partial charge in [0.15, 0.2) is 5.65 Å². The number of fused-ring (bicyclic) bond motifs is 1. The standard InChI is InChI=1S/C15H19N7OS/c1-10-17-13-5-4-11(8-22(13)20-10)19-15(23)16-6-14-18-12(9-24-14)7-21(2)3/h4-5,8-9H,6-7H2,1-3H3,(H2,16,19,23). The molecule has 0 radical (unpaired) electrons. The van der Waals surface area contributed by atoms with E-state index in [4.69, 9.17) is 0 Å². The van der Waals surface area contributed by atoms with E-state index in [2.05, 4.69) is 30.6 Å². The molecule has 3 aromatic heterocycles. The zero-order chi connectivity index (χ0) is 17.1. The van der Waals surface area contributed by atoms with Gasteiger partial charge in [0.05, 0.1) is 24.1 Å². The zero-order valence-corrected chi connectivity index (χ0v) is 14.6. The van der Waals surface area contributed by atoms with Gasteiger partial charge in [-0.15, -0.1) is 11.3 Å². The molecule has 126 valence electrons. The molecule has 0 fully saturated rings. The van der Waals surface area contributed by atoms with Gasteiger partial charge in [0.25, 0.3) is 0 Å². The van der Waals surface area contributed by atoms with Crippen molar-refractivity contribution in [3.8, 4) is 0 Å². The van der Waals surface area contributed by atoms with Crippen LogP contribution in [0.4, 0.5) is 10.5 Å². The number of aromatic nitrogens is 4. The minimum atomic E-state index is -0.282. The van der Waals surface area contributed by atoms with E-state index in [0.29, 0.717) is 18.1 Å². The van der Waals surface area contributed by atoms with Gasteiger partial charge in [-0.2, -0.15) is 5.10 Å². The van der Waals surface area contributed by atoms with Crippen molar-refractivity contribution in [3.05, 3.63) is 40.2 Å². The van der Waals surface area contributed by atoms with Crippen LogP contribution >= 0.6 is 11.3 Å². The average Bonchev–Trinajstić information content (AvgIpc) is 3.09. The summed E-state index contributed by atoms with van der Waals surface area (Å²) in [4.78, 5) is 22.8. The monoisotopic (exact) mass is 345 g/mol. The van der Waals surface area contributed by atoms with Gasteiger partial charge < -0.3 is 15.5 Å². The number of amides is 2. The van der Waals surface area contributed by atoms with Crippen LogP contribution < -0.4 is 10.6 Å². The van der Waals surface area contributed by atoms with Gasteiger partial charge in [0.2, 0.25) is 0 Å². The highest BCUT2D eigenvalue weighted by atomic mass is 32.1. The van der Waals surface area contributed by atoms with E-state index in [1.807, 2.05) is 32.5 Å². The molecule has 3 aromatic rings. The lowest BCUT2D eigenvalue weighted by molar-refractivity contribution is 0.251. The van der Waals surface area contributed by atoms with Crippen LogP contribution in [0.2, 0.25) is 0 Å². The molecule has 3 rings (SSSR count). The smallest absolute Gasteiger partial charge is 0.319 e. The molecule has 2 N–H and O–H groups in total. The normalized spacial score (nSPS) is 11.2. The number of rotatable bonds is 5. The number of carbonyl (C=O) groups is 1. The second-order valence-corrected chi connectivity index (χ2v) is 6.60. The minimum Gasteiger partial charge on any atom is -0.331 e. The van der Waals surface area contributed by atoms with E-state index in [-0.39, 0.29) is 6.03 Å². The van der Waals surface area contributed by atoms with Crippen molar-refractivity contribution in [1.29, 1.82) is 0 Å². The van der Waals surface area contributed by atoms with Gasteiger partial charge in [-0.05, 0) is 33.2 Å². The van der Waals surface area contributed by atoms with Crippen molar-refractivity contribution < 1.29 is 4.79 Å². The predicted molar refractivity (Wildman–Crippen MR) is 93.1 cm³/mol. The molecule has 0 aromatic carbocycles. The van der Waals surface area contributed by atoms with E-state index in [1.54, 1.807) is 28.1 Å². The summed E-state index contributed by atoms with van der Waals surface area (Å²) in [6.45, 7) is 3.01. The predicted octanol–water partition coefficient (Wildman–Crippen LogP) is 1.88. The maximum atomic E-state index is 12.0. The molecule has 0 unspecified atom stereocenters. The van der Waals surface area contributed by atoms with Crippen molar-refractivity contribution >= 4 is 28.7 Å². The lowest BCUT2D eigenvalue weighted by Gasteiger charge is -2.07. The first-order valence-corrected chi connectivity index (χ1v) is 8.33. The molecule has 0 bridgehead atoms. The molecule has 0 spiro atoms. The molecule has 0 saturated carbocycles. The van der Waals surface area contributed by atoms with Gasteiger partial charge in [0.1, 0.15) is 10.8 Å². The Balaban J connectivity index is 1.55. The van der Waals surface area contributed by atoms with E-state index >= 15 is 0 Å². The maximum Gasteiger partial charge on any atom is 0.319 e. The minimum absolute atomic E-state index is 0.282. The van der Waals surface area contributed by atoms with Crippen LogP contribution in [0.25, 0.3) is 5.65 Å². The molecule has 0 aliphatic rings. The summed E-state index contributed by atoms with van der Waals surface area (Å²) in [6, 6.07) is 3.32. The number of nitrogens with zero attached hydrogens (tertiary/aromatic N) is 5. The third-order valence-electron chi connectivity index (χ3n) is 3.17. The summed E-state index contributed by atoms with van der Waals surface area (Å²) in [6.07, 6.45) is 1.73. The third kappa shape index (κ3) is 4.06. The van der Waals surface area contributed by atoms with E-state index in [9.17, 15) is 4.79 Å². The number of urea groups is 1. The molecule has 24 heavy (non-hydrogen) atoms. The lowest BCUT2D eigenvalue weighted by Crippen LogP contribution is -2.28. The molecule has 0 aliphatic heterocycles. The second-order valence-electron chi connectivity index (χ2n) is 5.66. The van der Waals surface area contributed by atoms with Crippen molar-refractivity contribution in [2.75, 3.05) is 19.4 Å². The molecular weight excluding hydrogens is 326 g/mol. The fraction of sp³-hybridized carbons (Fsp3) is 0.333. The van der Waals surface area contributed by atoms with Gasteiger partial charge in [0, 0.05) is 11.9 Å². The topological polar surface area (TPSA) is 87.4 Å². The summed E-state index contributed by atoms with van der Waals surface area (Å²) >= 11 is 1.54. The second kappa shape index (κ2) is 6.93. The quantitative estimate of drug-likeness (QED) is 0.737. The van der Waals surface area contributed by atoms with Crippen LogP contribution in [0.5, 0.6) is 0 Å². The Morgan fingerprint density at radius 3 is 2.96 bits per heavy atom. The summed E-state index contributed by atoms with van der Waals surface area (Å²) in [7, 11) is 4.00. The number of carbonyl (C=O) groups excluding carboxylic acids is 1. The molecule has 8 nitrogen and oxygen atoms in total. The van der Waals surface area contributed by atoms with Crippen LogP contribution in [0.3, 0.4) is 0 Å². The highest BCUT2D eigenvalue weighted by molar-refractivity contribution is 7.09. The number of hydrogen-bond donors (Lipinski definition) is 2. The Morgan fingerprint density at radius 1 is 1.33 bits per heavy atom. The first kappa shape index (κ1) is 16.3. The van der Waals surface area contributed by atoms with Gasteiger partial charge in [-0.1, -0.05) is 0 Å². The van der Waals surface area contributed by atoms with Crippen molar-refractivity contribution in [2.45, 2.75) is 20.0 Å². The first-order chi connectivity index (χ1) is 11.5. The fourth-order valence-corrected chi connectivity index (χ4v) is 2.95. The summed E-state index contributed by atoms with van der Waals surface area (Å²) in [5.74, 6) is 0.689. The molecule has 9 heteroatoms. The van der Waals surface area contributed by atoms with Crippen LogP contribution in [0.15, 0.2) is 23.7 Å². The number of hydrogen-bond acceptors (Lipinski definition) is 6. The van der Waals surface area contributed by atoms with Crippen LogP contribution in [-0.2, 0) is 13.1 Å². The summed E-state index contributed by atoms with van der Waals surface area (Å²) in [5.41, 5.74) is 2.40. The Hall–Kier alpha value is -2.52. The van der Waals surface area contributed by atoms with Gasteiger partial charge >= 0.3 is 6.03 Å². The third-order valence-corrected chi connectivity index (χ3v) is 4.07. The number of aryl methyl sites for hydroxylation is 1. The van der Waals surface area contributed by atoms with E-state index in [1.165, 1.54) is 0 Å². The van der Waals surface area contributed by atoms with Crippen LogP contribution in [0, 0.1) is 6.92 Å². The van der Waals surface area contributed by atoms with Crippen molar-refractivity contribution in [3.63, 3.8) is 0 Å². The average molecular weight is 345 g/mol. The zero-order valence-electron chi connectivity index (χ0n) is 13.8. The number of pyridine rings is 1. The Morgan fingerprint density at radius 2 is 2.17 bits per heavy atom. The summed E-state index contributed by atoms with van der Waals surface area (Å²) in [5, 5.41) is 12.7. The van der Waals surface area contributed by atoms with E-state index < -0.39 is 0 Å². The SMILES string of the molecule is Cc1nc2ccc(NC(=O)NCc3nc(CN(C)C)cs3)cn2n1. The number of nitrogens with one attached hydrogen (secondary N) is 2. The largest absolute Gasteiger partial charge is 0.331 e. The Bertz CT molecular complexity index is 855. The fourth-order valence-electron chi connectivity index (χ4n) is 2.23. The number of anilines is 1. The molecule has 2 amide bonds. The van der Waals surface area contributed by atoms with Gasteiger partial charge in [-0.25, -0.2) is 19.3 Å². The Labute approximate surface area is 143 Å². The number of thiazole rings is 1. The molecule has 0 saturated heterocycles. The highest BCUT2D eigenvalue weighted by Crippen LogP contribution is 2.12. The highest BCUT2D eigenvalue weighted by Gasteiger charge is 2.07. The summed E-state index contributed by atoms with van der Waals surface area (Å²) < 4.78 is 1.64. The molecule has 0 atom stereocenters. The lowest BCUT2D eigenvalue weighted by atomic mass is 10.4. The van der Waals surface area contributed by atoms with Crippen LogP contribution in [0.1, 0.15) is 16.5 Å². The maximum absolute atomic E-state index is 12.0. The van der Waals surface area contributed by atoms with Gasteiger partial charge in [-0.3, -0.25) is 0 Å². The van der Waals surface area contributed by atoms with Crippen molar-refractivity contribution in [2.24, 2.45) is 0 Å². The first-order valence-electron chi connectivity index (χ1n) is 7.45. The molecule has 3 heterocycles. The molecule has 0 aliphatic carbocycles. The Kier molecular flexibility index (Phi) is 4.72. The van der Waals surface area contributed by atoms with E-state index in [0.717, 1.165) is 22.9 Å². The van der Waals surface area contributed by atoms with Crippen LogP contribution in [-0.4, -0.2) is 44.6 Å². The van der Waals surface area contributed by atoms with Crippen molar-refractivity contribution in [1.82, 2.24) is 29.8 Å².